The molecule has 0 saturated carbocycles. The summed E-state index contributed by atoms with van der Waals surface area (Å²) >= 11 is 0. The zero-order chi connectivity index (χ0) is 11.6. The van der Waals surface area contributed by atoms with Gasteiger partial charge in [0.25, 0.3) is 0 Å². The molecule has 1 rings (SSSR count). The van der Waals surface area contributed by atoms with Crippen LogP contribution < -0.4 is 11.1 Å². The van der Waals surface area contributed by atoms with Crippen LogP contribution >= 0.6 is 0 Å². The fraction of sp³-hybridized carbons (Fsp3) is 0.917. The van der Waals surface area contributed by atoms with Gasteiger partial charge in [-0.3, -0.25) is 4.79 Å². The molecule has 88 valence electrons. The molecule has 5 atom stereocenters. The van der Waals surface area contributed by atoms with Crippen molar-refractivity contribution in [2.45, 2.75) is 52.6 Å². The summed E-state index contributed by atoms with van der Waals surface area (Å²) in [5.74, 6) is 0.758. The molecule has 0 aromatic carbocycles. The average molecular weight is 212 g/mol. The number of hydrogen-bond donors (Lipinski definition) is 2. The summed E-state index contributed by atoms with van der Waals surface area (Å²) in [6.07, 6.45) is 2.13. The molecule has 15 heavy (non-hydrogen) atoms. The summed E-state index contributed by atoms with van der Waals surface area (Å²) in [6, 6.07) is 0.751. The van der Waals surface area contributed by atoms with E-state index in [2.05, 4.69) is 33.0 Å². The molecule has 3 nitrogen and oxygen atoms in total. The van der Waals surface area contributed by atoms with Gasteiger partial charge in [-0.15, -0.1) is 0 Å². The van der Waals surface area contributed by atoms with Crippen LogP contribution in [0, 0.1) is 17.8 Å². The van der Waals surface area contributed by atoms with Gasteiger partial charge in [-0.05, 0) is 25.2 Å². The quantitative estimate of drug-likeness (QED) is 0.745. The number of piperidine rings is 1. The predicted molar refractivity (Wildman–Crippen MR) is 62.3 cm³/mol. The monoisotopic (exact) mass is 212 g/mol. The van der Waals surface area contributed by atoms with Crippen LogP contribution in [-0.2, 0) is 4.79 Å². The van der Waals surface area contributed by atoms with Gasteiger partial charge in [-0.1, -0.05) is 27.2 Å². The van der Waals surface area contributed by atoms with Crippen molar-refractivity contribution in [1.82, 2.24) is 5.32 Å². The van der Waals surface area contributed by atoms with Gasteiger partial charge in [0.2, 0.25) is 5.91 Å². The normalized spacial score (nSPS) is 38.7. The Morgan fingerprint density at radius 2 is 2.13 bits per heavy atom. The second kappa shape index (κ2) is 4.97. The third kappa shape index (κ3) is 2.71. The molecule has 1 amide bonds. The van der Waals surface area contributed by atoms with Gasteiger partial charge in [-0.25, -0.2) is 0 Å². The van der Waals surface area contributed by atoms with Crippen molar-refractivity contribution in [2.75, 3.05) is 0 Å². The molecule has 1 saturated heterocycles. The van der Waals surface area contributed by atoms with Crippen LogP contribution in [0.1, 0.15) is 40.5 Å². The molecule has 5 unspecified atom stereocenters. The fourth-order valence-electron chi connectivity index (χ4n) is 2.79. The van der Waals surface area contributed by atoms with E-state index < -0.39 is 0 Å². The lowest BCUT2D eigenvalue weighted by molar-refractivity contribution is -0.126. The smallest absolute Gasteiger partial charge is 0.222 e. The number of nitrogens with one attached hydrogen (secondary N) is 1. The molecule has 3 N–H and O–H groups in total. The molecule has 3 heteroatoms. The third-order valence-corrected chi connectivity index (χ3v) is 3.79. The van der Waals surface area contributed by atoms with Crippen molar-refractivity contribution < 1.29 is 4.79 Å². The minimum absolute atomic E-state index is 0.00356. The van der Waals surface area contributed by atoms with Crippen molar-refractivity contribution in [2.24, 2.45) is 23.5 Å². The third-order valence-electron chi connectivity index (χ3n) is 3.79. The highest BCUT2D eigenvalue weighted by Crippen LogP contribution is 2.30. The predicted octanol–water partition coefficient (Wildman–Crippen LogP) is 1.52. The highest BCUT2D eigenvalue weighted by Gasteiger charge is 2.39. The Bertz CT molecular complexity index is 230. The summed E-state index contributed by atoms with van der Waals surface area (Å²) in [4.78, 5) is 11.5. The van der Waals surface area contributed by atoms with Crippen LogP contribution in [0.2, 0.25) is 0 Å². The van der Waals surface area contributed by atoms with Gasteiger partial charge >= 0.3 is 0 Å². The Hall–Kier alpha value is -0.570. The first kappa shape index (κ1) is 12.5. The van der Waals surface area contributed by atoms with Gasteiger partial charge < -0.3 is 11.1 Å². The van der Waals surface area contributed by atoms with E-state index in [9.17, 15) is 4.79 Å². The van der Waals surface area contributed by atoms with E-state index in [0.29, 0.717) is 17.9 Å². The van der Waals surface area contributed by atoms with Crippen LogP contribution in [0.5, 0.6) is 0 Å². The van der Waals surface area contributed by atoms with E-state index in [1.165, 1.54) is 0 Å². The number of carbonyl (C=O) groups is 1. The van der Waals surface area contributed by atoms with Crippen molar-refractivity contribution in [1.29, 1.82) is 0 Å². The molecule has 0 aromatic heterocycles. The highest BCUT2D eigenvalue weighted by atomic mass is 16.1. The summed E-state index contributed by atoms with van der Waals surface area (Å²) in [7, 11) is 0. The van der Waals surface area contributed by atoms with Gasteiger partial charge in [0.1, 0.15) is 0 Å². The lowest BCUT2D eigenvalue weighted by Gasteiger charge is -2.41. The van der Waals surface area contributed by atoms with E-state index in [0.717, 1.165) is 12.8 Å². The maximum absolute atomic E-state index is 11.5. The van der Waals surface area contributed by atoms with Gasteiger partial charge in [0.05, 0.1) is 5.92 Å². The Balaban J connectivity index is 2.82. The van der Waals surface area contributed by atoms with E-state index in [1.807, 2.05) is 0 Å². The Labute approximate surface area is 92.8 Å². The minimum Gasteiger partial charge on any atom is -0.369 e. The molecule has 0 bridgehead atoms. The lowest BCUT2D eigenvalue weighted by Crippen LogP contribution is -2.56. The van der Waals surface area contributed by atoms with Crippen LogP contribution in [0.3, 0.4) is 0 Å². The first-order valence-electron chi connectivity index (χ1n) is 6.02. The maximum Gasteiger partial charge on any atom is 0.222 e. The average Bonchev–Trinajstić information content (AvgIpc) is 2.14. The van der Waals surface area contributed by atoms with Crippen LogP contribution in [0.15, 0.2) is 0 Å². The summed E-state index contributed by atoms with van der Waals surface area (Å²) in [5, 5.41) is 3.53. The molecule has 1 aliphatic heterocycles. The Kier molecular flexibility index (Phi) is 4.14. The molecular weight excluding hydrogens is 188 g/mol. The van der Waals surface area contributed by atoms with Crippen LogP contribution in [0.25, 0.3) is 0 Å². The van der Waals surface area contributed by atoms with Crippen molar-refractivity contribution in [3.05, 3.63) is 0 Å². The molecule has 1 fully saturated rings. The zero-order valence-corrected chi connectivity index (χ0v) is 10.3. The van der Waals surface area contributed by atoms with Crippen molar-refractivity contribution >= 4 is 5.91 Å². The second-order valence-corrected chi connectivity index (χ2v) is 5.12. The van der Waals surface area contributed by atoms with Crippen LogP contribution in [0.4, 0.5) is 0 Å². The highest BCUT2D eigenvalue weighted by molar-refractivity contribution is 5.78. The molecule has 0 aromatic rings. The first-order valence-corrected chi connectivity index (χ1v) is 6.02. The number of rotatable bonds is 3. The molecule has 1 aliphatic rings. The van der Waals surface area contributed by atoms with Gasteiger partial charge in [-0.2, -0.15) is 0 Å². The van der Waals surface area contributed by atoms with Crippen molar-refractivity contribution in [3.8, 4) is 0 Å². The Morgan fingerprint density at radius 1 is 1.53 bits per heavy atom. The summed E-state index contributed by atoms with van der Waals surface area (Å²) < 4.78 is 0. The standard InChI is InChI=1S/C12H24N2O/c1-5-7(2)11-10(12(13)15)8(3)6-9(4)14-11/h7-11,14H,5-6H2,1-4H3,(H2,13,15). The van der Waals surface area contributed by atoms with Gasteiger partial charge in [0.15, 0.2) is 0 Å². The van der Waals surface area contributed by atoms with Gasteiger partial charge in [0, 0.05) is 12.1 Å². The topological polar surface area (TPSA) is 55.1 Å². The molecule has 0 spiro atoms. The zero-order valence-electron chi connectivity index (χ0n) is 10.3. The number of nitrogens with two attached hydrogens (primary N) is 1. The number of primary amides is 1. The van der Waals surface area contributed by atoms with E-state index in [4.69, 9.17) is 5.73 Å². The lowest BCUT2D eigenvalue weighted by atomic mass is 9.74. The summed E-state index contributed by atoms with van der Waals surface area (Å²) in [6.45, 7) is 8.68. The summed E-state index contributed by atoms with van der Waals surface area (Å²) in [5.41, 5.74) is 5.51. The Morgan fingerprint density at radius 3 is 2.60 bits per heavy atom. The largest absolute Gasteiger partial charge is 0.369 e. The number of hydrogen-bond acceptors (Lipinski definition) is 2. The molecular formula is C12H24N2O. The van der Waals surface area contributed by atoms with E-state index in [1.54, 1.807) is 0 Å². The fourth-order valence-corrected chi connectivity index (χ4v) is 2.79. The first-order chi connectivity index (χ1) is 6.97. The second-order valence-electron chi connectivity index (χ2n) is 5.12. The van der Waals surface area contributed by atoms with Crippen molar-refractivity contribution in [3.63, 3.8) is 0 Å². The molecule has 1 heterocycles. The minimum atomic E-state index is -0.146. The molecule has 0 aliphatic carbocycles. The number of amides is 1. The van der Waals surface area contributed by atoms with E-state index in [-0.39, 0.29) is 17.9 Å². The SMILES string of the molecule is CCC(C)C1NC(C)CC(C)C1C(N)=O. The van der Waals surface area contributed by atoms with Crippen LogP contribution in [-0.4, -0.2) is 18.0 Å². The molecule has 0 radical (unpaired) electrons. The van der Waals surface area contributed by atoms with E-state index >= 15 is 0 Å². The maximum atomic E-state index is 11.5. The number of carbonyl (C=O) groups excluding carboxylic acids is 1.